The second-order valence-corrected chi connectivity index (χ2v) is 9.29. The van der Waals surface area contributed by atoms with Gasteiger partial charge in [0.15, 0.2) is 5.78 Å². The van der Waals surface area contributed by atoms with Crippen LogP contribution < -0.4 is 4.74 Å². The van der Waals surface area contributed by atoms with Crippen LogP contribution in [0.3, 0.4) is 0 Å². The van der Waals surface area contributed by atoms with Crippen LogP contribution >= 0.6 is 0 Å². The highest BCUT2D eigenvalue weighted by Gasteiger charge is 2.47. The topological polar surface area (TPSA) is 90.0 Å². The fourth-order valence-corrected chi connectivity index (χ4v) is 5.17. The van der Waals surface area contributed by atoms with Crippen LogP contribution in [-0.4, -0.2) is 37.6 Å². The zero-order valence-electron chi connectivity index (χ0n) is 18.0. The number of hydrogen-bond acceptors (Lipinski definition) is 6. The first-order valence-corrected chi connectivity index (χ1v) is 11.5. The number of benzene rings is 3. The van der Waals surface area contributed by atoms with Crippen molar-refractivity contribution in [3.63, 3.8) is 0 Å². The highest BCUT2D eigenvalue weighted by molar-refractivity contribution is 7.89. The molecule has 1 aliphatic heterocycles. The van der Waals surface area contributed by atoms with E-state index in [4.69, 9.17) is 9.47 Å². The van der Waals surface area contributed by atoms with E-state index in [0.717, 1.165) is 17.0 Å². The van der Waals surface area contributed by atoms with Crippen molar-refractivity contribution in [1.82, 2.24) is 4.31 Å². The number of Topliss-reactive ketones (excluding diaryl/α,β-unsaturated/α-hetero) is 1. The number of carbonyl (C=O) groups excluding carboxylic acids is 2. The summed E-state index contributed by atoms with van der Waals surface area (Å²) in [4.78, 5) is 25.8. The van der Waals surface area contributed by atoms with Gasteiger partial charge in [0.2, 0.25) is 6.04 Å². The smallest absolute Gasteiger partial charge is 0.337 e. The van der Waals surface area contributed by atoms with E-state index < -0.39 is 27.8 Å². The van der Waals surface area contributed by atoms with Gasteiger partial charge in [-0.1, -0.05) is 42.5 Å². The number of fused-ring (bicyclic) bond motifs is 1. The molecule has 0 radical (unpaired) electrons. The van der Waals surface area contributed by atoms with E-state index in [1.807, 2.05) is 25.1 Å². The molecule has 3 aromatic carbocycles. The molecule has 33 heavy (non-hydrogen) atoms. The van der Waals surface area contributed by atoms with E-state index in [-0.39, 0.29) is 21.7 Å². The van der Waals surface area contributed by atoms with Crippen molar-refractivity contribution in [1.29, 1.82) is 0 Å². The first-order chi connectivity index (χ1) is 15.7. The Bertz CT molecular complexity index is 1350. The van der Waals surface area contributed by atoms with E-state index in [0.29, 0.717) is 11.5 Å². The van der Waals surface area contributed by atoms with Gasteiger partial charge in [0.25, 0.3) is 10.0 Å². The number of esters is 1. The number of methoxy groups -OCH3 is 1. The molecule has 3 aromatic rings. The molecule has 0 aliphatic carbocycles. The van der Waals surface area contributed by atoms with Gasteiger partial charge in [0.05, 0.1) is 17.7 Å². The Morgan fingerprint density at radius 3 is 2.24 bits per heavy atom. The lowest BCUT2D eigenvalue weighted by Gasteiger charge is -2.36. The van der Waals surface area contributed by atoms with Crippen molar-refractivity contribution in [3.8, 4) is 11.5 Å². The van der Waals surface area contributed by atoms with E-state index in [2.05, 4.69) is 6.58 Å². The molecule has 0 bridgehead atoms. The van der Waals surface area contributed by atoms with Crippen LogP contribution in [0.25, 0.3) is 5.70 Å². The summed E-state index contributed by atoms with van der Waals surface area (Å²) in [5.74, 6) is -0.738. The van der Waals surface area contributed by atoms with Gasteiger partial charge < -0.3 is 9.47 Å². The van der Waals surface area contributed by atoms with Crippen molar-refractivity contribution in [2.75, 3.05) is 7.11 Å². The molecule has 1 unspecified atom stereocenters. The maximum Gasteiger partial charge on any atom is 0.337 e. The van der Waals surface area contributed by atoms with E-state index in [9.17, 15) is 18.0 Å². The number of hydrogen-bond donors (Lipinski definition) is 0. The average Bonchev–Trinajstić information content (AvgIpc) is 2.81. The lowest BCUT2D eigenvalue weighted by molar-refractivity contribution is -0.142. The minimum Gasteiger partial charge on any atom is -0.467 e. The number of ketones is 1. The lowest BCUT2D eigenvalue weighted by atomic mass is 9.92. The minimum absolute atomic E-state index is 0.0286. The van der Waals surface area contributed by atoms with Crippen molar-refractivity contribution >= 4 is 27.5 Å². The van der Waals surface area contributed by atoms with Crippen molar-refractivity contribution < 1.29 is 27.5 Å². The van der Waals surface area contributed by atoms with Crippen LogP contribution in [0.1, 0.15) is 21.5 Å². The summed E-state index contributed by atoms with van der Waals surface area (Å²) in [6.45, 7) is 5.75. The molecule has 4 rings (SSSR count). The first-order valence-electron chi connectivity index (χ1n) is 10.0. The second-order valence-electron chi connectivity index (χ2n) is 7.47. The third-order valence-corrected chi connectivity index (χ3v) is 7.11. The summed E-state index contributed by atoms with van der Waals surface area (Å²) in [6.07, 6.45) is 0. The molecule has 0 saturated heterocycles. The van der Waals surface area contributed by atoms with Crippen LogP contribution in [0.4, 0.5) is 0 Å². The Labute approximate surface area is 191 Å². The molecule has 1 heterocycles. The van der Waals surface area contributed by atoms with Gasteiger partial charge in [-0.2, -0.15) is 0 Å². The van der Waals surface area contributed by atoms with Gasteiger partial charge in [0, 0.05) is 11.1 Å². The van der Waals surface area contributed by atoms with Crippen LogP contribution in [0.15, 0.2) is 84.3 Å². The van der Waals surface area contributed by atoms with Crippen LogP contribution in [0.5, 0.6) is 11.5 Å². The highest BCUT2D eigenvalue weighted by Crippen LogP contribution is 2.38. The Hall–Kier alpha value is -3.91. The number of para-hydroxylation sites is 1. The number of carbonyl (C=O) groups is 2. The summed E-state index contributed by atoms with van der Waals surface area (Å²) in [5.41, 5.74) is 1.24. The maximum absolute atomic E-state index is 13.5. The molecule has 168 valence electrons. The zero-order valence-corrected chi connectivity index (χ0v) is 18.8. The van der Waals surface area contributed by atoms with Gasteiger partial charge in [0.1, 0.15) is 11.5 Å². The predicted octanol–water partition coefficient (Wildman–Crippen LogP) is 4.19. The van der Waals surface area contributed by atoms with Gasteiger partial charge in [-0.15, -0.1) is 0 Å². The summed E-state index contributed by atoms with van der Waals surface area (Å²) >= 11 is 0. The first kappa shape index (κ1) is 22.3. The number of ether oxygens (including phenoxy) is 2. The Morgan fingerprint density at radius 1 is 0.939 bits per heavy atom. The highest BCUT2D eigenvalue weighted by atomic mass is 32.2. The van der Waals surface area contributed by atoms with E-state index in [1.165, 1.54) is 24.3 Å². The molecular formula is C25H21NO6S. The third-order valence-electron chi connectivity index (χ3n) is 5.30. The molecule has 0 amide bonds. The Balaban J connectivity index is 1.83. The molecule has 7 nitrogen and oxygen atoms in total. The molecule has 0 N–H and O–H groups in total. The fraction of sp³-hybridized carbons (Fsp3) is 0.120. The molecular weight excluding hydrogens is 442 g/mol. The SMILES string of the molecule is C=C1c2cc(Oc3ccccc3)ccc2C(=O)C(C(=O)OC)N1S(=O)(=O)c1ccc(C)cc1. The lowest BCUT2D eigenvalue weighted by Crippen LogP contribution is -2.51. The number of sulfonamides is 1. The van der Waals surface area contributed by atoms with Gasteiger partial charge in [-0.3, -0.25) is 4.79 Å². The summed E-state index contributed by atoms with van der Waals surface area (Å²) in [6, 6.07) is 18.0. The minimum atomic E-state index is -4.31. The Kier molecular flexibility index (Phi) is 5.78. The molecule has 1 atom stereocenters. The monoisotopic (exact) mass is 463 g/mol. The van der Waals surface area contributed by atoms with Crippen LogP contribution in [0, 0.1) is 6.92 Å². The molecule has 0 spiro atoms. The zero-order chi connectivity index (χ0) is 23.8. The van der Waals surface area contributed by atoms with E-state index in [1.54, 1.807) is 30.3 Å². The predicted molar refractivity (Wildman–Crippen MR) is 122 cm³/mol. The van der Waals surface area contributed by atoms with Crippen molar-refractivity contribution in [3.05, 3.63) is 96.1 Å². The average molecular weight is 464 g/mol. The van der Waals surface area contributed by atoms with Crippen molar-refractivity contribution in [2.24, 2.45) is 0 Å². The summed E-state index contributed by atoms with van der Waals surface area (Å²) < 4.78 is 38.4. The fourth-order valence-electron chi connectivity index (χ4n) is 3.62. The van der Waals surface area contributed by atoms with Gasteiger partial charge in [-0.25, -0.2) is 17.5 Å². The van der Waals surface area contributed by atoms with Gasteiger partial charge in [-0.05, 0) is 49.4 Å². The second kappa shape index (κ2) is 8.55. The maximum atomic E-state index is 13.5. The Morgan fingerprint density at radius 2 is 1.61 bits per heavy atom. The van der Waals surface area contributed by atoms with E-state index >= 15 is 0 Å². The summed E-state index contributed by atoms with van der Waals surface area (Å²) in [5, 5.41) is 0. The van der Waals surface area contributed by atoms with Crippen LogP contribution in [0.2, 0.25) is 0 Å². The number of nitrogens with zero attached hydrogens (tertiary/aromatic N) is 1. The molecule has 0 fully saturated rings. The normalized spacial score (nSPS) is 15.7. The molecule has 8 heteroatoms. The molecule has 0 saturated carbocycles. The number of rotatable bonds is 5. The number of aryl methyl sites for hydroxylation is 1. The largest absolute Gasteiger partial charge is 0.467 e. The third kappa shape index (κ3) is 4.01. The standard InChI is InChI=1S/C25H21NO6S/c1-16-9-12-20(13-10-16)33(29,30)26-17(2)22-15-19(32-18-7-5-4-6-8-18)11-14-21(22)24(27)23(26)25(28)31-3/h4-15,23H,2H2,1,3H3. The molecule has 1 aliphatic rings. The van der Waals surface area contributed by atoms with Gasteiger partial charge >= 0.3 is 5.97 Å². The van der Waals surface area contributed by atoms with Crippen LogP contribution in [-0.2, 0) is 19.6 Å². The quantitative estimate of drug-likeness (QED) is 0.416. The summed E-state index contributed by atoms with van der Waals surface area (Å²) in [7, 11) is -3.21. The molecule has 0 aromatic heterocycles. The van der Waals surface area contributed by atoms with Crippen molar-refractivity contribution in [2.45, 2.75) is 17.9 Å².